The molecular weight excluding hydrogens is 1140 g/mol. The number of carbonyl (C=O) groups excluding carboxylic acids is 1. The fourth-order valence-corrected chi connectivity index (χ4v) is 11.3. The number of amides is 1. The summed E-state index contributed by atoms with van der Waals surface area (Å²) in [6.45, 7) is 1.65. The Kier molecular flexibility index (Phi) is 46.7. The van der Waals surface area contributed by atoms with Gasteiger partial charge in [0.15, 0.2) is 18.9 Å². The molecule has 3 rings (SSSR count). The number of aliphatic hydroxyl groups excluding tert-OH is 11. The van der Waals surface area contributed by atoms with Gasteiger partial charge in [-0.3, -0.25) is 4.79 Å². The van der Waals surface area contributed by atoms with Crippen LogP contribution in [0.3, 0.4) is 0 Å². The minimum atomic E-state index is -1.98. The third-order valence-corrected chi connectivity index (χ3v) is 17.0. The van der Waals surface area contributed by atoms with Gasteiger partial charge in [0.1, 0.15) is 73.2 Å². The Hall–Kier alpha value is -2.77. The molecule has 12 N–H and O–H groups in total. The van der Waals surface area contributed by atoms with Crippen LogP contribution in [-0.4, -0.2) is 193 Å². The Morgan fingerprint density at radius 1 is 0.404 bits per heavy atom. The number of aliphatic hydroxyl groups is 11. The fraction of sp³-hybridized carbons (Fsp3) is 0.814. The zero-order valence-corrected chi connectivity index (χ0v) is 54.4. The summed E-state index contributed by atoms with van der Waals surface area (Å²) in [5, 5.41) is 120. The van der Waals surface area contributed by atoms with Crippen molar-refractivity contribution >= 4 is 5.91 Å². The van der Waals surface area contributed by atoms with Crippen LogP contribution in [0.5, 0.6) is 0 Å². The molecular formula is C70H123NO18. The first-order valence-electron chi connectivity index (χ1n) is 34.7. The van der Waals surface area contributed by atoms with Gasteiger partial charge in [-0.05, 0) is 83.5 Å². The maximum Gasteiger partial charge on any atom is 0.220 e. The highest BCUT2D eigenvalue weighted by atomic mass is 16.8. The number of rotatable bonds is 52. The second kappa shape index (κ2) is 51.6. The maximum absolute atomic E-state index is 13.4. The van der Waals surface area contributed by atoms with Crippen molar-refractivity contribution in [2.75, 3.05) is 26.4 Å². The van der Waals surface area contributed by atoms with E-state index in [9.17, 15) is 61.0 Å². The minimum absolute atomic E-state index is 0.230. The van der Waals surface area contributed by atoms with Crippen molar-refractivity contribution in [3.05, 3.63) is 72.9 Å². The van der Waals surface area contributed by atoms with Crippen molar-refractivity contribution in [2.24, 2.45) is 0 Å². The highest BCUT2D eigenvalue weighted by Crippen LogP contribution is 2.33. The molecule has 19 nitrogen and oxygen atoms in total. The van der Waals surface area contributed by atoms with Gasteiger partial charge in [-0.2, -0.15) is 0 Å². The molecule has 89 heavy (non-hydrogen) atoms. The summed E-state index contributed by atoms with van der Waals surface area (Å²) in [5.74, 6) is -0.292. The molecule has 3 heterocycles. The average Bonchev–Trinajstić information content (AvgIpc) is 3.18. The minimum Gasteiger partial charge on any atom is -0.394 e. The van der Waals surface area contributed by atoms with Crippen molar-refractivity contribution in [1.82, 2.24) is 5.32 Å². The lowest BCUT2D eigenvalue weighted by molar-refractivity contribution is -0.379. The molecule has 1 amide bonds. The molecule has 0 aliphatic carbocycles. The van der Waals surface area contributed by atoms with Crippen LogP contribution >= 0.6 is 0 Å². The van der Waals surface area contributed by atoms with Crippen LogP contribution in [0.1, 0.15) is 232 Å². The van der Waals surface area contributed by atoms with E-state index in [0.29, 0.717) is 12.8 Å². The van der Waals surface area contributed by atoms with E-state index in [2.05, 4.69) is 79.9 Å². The lowest BCUT2D eigenvalue weighted by Crippen LogP contribution is -2.66. The predicted molar refractivity (Wildman–Crippen MR) is 346 cm³/mol. The average molecular weight is 1270 g/mol. The molecule has 0 aromatic rings. The van der Waals surface area contributed by atoms with E-state index >= 15 is 0 Å². The Morgan fingerprint density at radius 2 is 0.753 bits per heavy atom. The number of allylic oxidation sites excluding steroid dienone is 11. The van der Waals surface area contributed by atoms with Crippen LogP contribution in [0.2, 0.25) is 0 Å². The quantitative estimate of drug-likeness (QED) is 0.0200. The summed E-state index contributed by atoms with van der Waals surface area (Å²) in [4.78, 5) is 13.4. The van der Waals surface area contributed by atoms with E-state index in [1.807, 2.05) is 6.08 Å². The molecule has 3 fully saturated rings. The maximum atomic E-state index is 13.4. The molecule has 0 aromatic carbocycles. The monoisotopic (exact) mass is 1270 g/mol. The molecule has 17 unspecified atom stereocenters. The molecule has 0 radical (unpaired) electrons. The highest BCUT2D eigenvalue weighted by Gasteiger charge is 2.53. The number of hydrogen-bond donors (Lipinski definition) is 12. The van der Waals surface area contributed by atoms with E-state index in [1.54, 1.807) is 6.08 Å². The Morgan fingerprint density at radius 3 is 1.22 bits per heavy atom. The largest absolute Gasteiger partial charge is 0.394 e. The third kappa shape index (κ3) is 33.8. The highest BCUT2D eigenvalue weighted by molar-refractivity contribution is 5.76. The summed E-state index contributed by atoms with van der Waals surface area (Å²) in [6, 6.07) is -0.998. The van der Waals surface area contributed by atoms with Gasteiger partial charge in [-0.1, -0.05) is 215 Å². The second-order valence-corrected chi connectivity index (χ2v) is 24.6. The van der Waals surface area contributed by atoms with Gasteiger partial charge in [-0.15, -0.1) is 0 Å². The lowest BCUT2D eigenvalue weighted by Gasteiger charge is -2.48. The van der Waals surface area contributed by atoms with Crippen molar-refractivity contribution in [1.29, 1.82) is 0 Å². The second-order valence-electron chi connectivity index (χ2n) is 24.6. The van der Waals surface area contributed by atoms with Gasteiger partial charge >= 0.3 is 0 Å². The van der Waals surface area contributed by atoms with Crippen LogP contribution in [0.15, 0.2) is 72.9 Å². The van der Waals surface area contributed by atoms with Crippen molar-refractivity contribution < 1.29 is 89.4 Å². The number of ether oxygens (including phenoxy) is 6. The third-order valence-electron chi connectivity index (χ3n) is 17.0. The molecule has 516 valence electrons. The Bertz CT molecular complexity index is 1900. The predicted octanol–water partition coefficient (Wildman–Crippen LogP) is 8.94. The van der Waals surface area contributed by atoms with Crippen molar-refractivity contribution in [3.8, 4) is 0 Å². The summed E-state index contributed by atoms with van der Waals surface area (Å²) in [7, 11) is 0. The van der Waals surface area contributed by atoms with Gasteiger partial charge in [-0.25, -0.2) is 0 Å². The summed E-state index contributed by atoms with van der Waals surface area (Å²) in [5.41, 5.74) is 0. The van der Waals surface area contributed by atoms with E-state index in [4.69, 9.17) is 28.4 Å². The van der Waals surface area contributed by atoms with Gasteiger partial charge in [0.05, 0.1) is 38.6 Å². The smallest absolute Gasteiger partial charge is 0.220 e. The first kappa shape index (κ1) is 80.5. The number of unbranched alkanes of at least 4 members (excludes halogenated alkanes) is 26. The van der Waals surface area contributed by atoms with Crippen LogP contribution in [-0.2, 0) is 33.2 Å². The molecule has 3 aliphatic rings. The van der Waals surface area contributed by atoms with Crippen molar-refractivity contribution in [2.45, 2.75) is 336 Å². The number of nitrogens with one attached hydrogen (secondary N) is 1. The summed E-state index contributed by atoms with van der Waals surface area (Å²) in [6.07, 6.45) is 37.6. The van der Waals surface area contributed by atoms with E-state index < -0.39 is 124 Å². The first-order chi connectivity index (χ1) is 43.3. The SMILES string of the molecule is CCCCC/C=C/CC/C=C/CC/C=C/C(O)C(COC1OC(CO)C(OC2OC(CO)C(OC3OC(CO)C(O)C(O)C3O)C(O)C2O)C(O)C1O)NC(=O)CCCCCCCCCCCCCCCCCC/C=C\C/C=C\C/C=C\CCCCCCC. The molecule has 0 bridgehead atoms. The van der Waals surface area contributed by atoms with Crippen LogP contribution in [0, 0.1) is 0 Å². The summed E-state index contributed by atoms with van der Waals surface area (Å²) < 4.78 is 34.3. The van der Waals surface area contributed by atoms with Gasteiger partial charge in [0.2, 0.25) is 5.91 Å². The standard InChI is InChI=1S/C70H123NO18/c1-3-5-7-9-11-13-15-17-18-19-20-21-22-23-24-25-26-27-28-29-30-31-32-33-34-36-38-40-42-44-46-48-58(76)71-53(54(75)47-45-43-41-39-37-35-16-14-12-10-8-6-4-2)52-84-68-64(82)61(79)66(56(50-73)86-68)89-70-65(83)62(80)67(57(51-74)87-70)88-69-63(81)60(78)59(77)55(49-72)85-69/h12,14-15,17,19-20,22-23,37,39,45,47,53-57,59-70,72-75,77-83H,3-11,13,16,18,21,24-36,38,40-44,46,48-52H2,1-2H3,(H,71,76)/b14-12+,17-15-,20-19-,23-22-,39-37+,47-45+. The molecule has 19 heteroatoms. The van der Waals surface area contributed by atoms with Crippen molar-refractivity contribution in [3.63, 3.8) is 0 Å². The van der Waals surface area contributed by atoms with E-state index in [0.717, 1.165) is 57.8 Å². The molecule has 17 atom stereocenters. The Labute approximate surface area is 534 Å². The van der Waals surface area contributed by atoms with Gasteiger partial charge < -0.3 is 89.9 Å². The van der Waals surface area contributed by atoms with Gasteiger partial charge in [0.25, 0.3) is 0 Å². The van der Waals surface area contributed by atoms with Crippen LogP contribution in [0.25, 0.3) is 0 Å². The topological polar surface area (TPSA) is 307 Å². The summed E-state index contributed by atoms with van der Waals surface area (Å²) >= 11 is 0. The molecule has 3 saturated heterocycles. The van der Waals surface area contributed by atoms with E-state index in [-0.39, 0.29) is 18.9 Å². The Balaban J connectivity index is 1.38. The molecule has 3 aliphatic heterocycles. The van der Waals surface area contributed by atoms with Gasteiger partial charge in [0, 0.05) is 6.42 Å². The number of hydrogen-bond acceptors (Lipinski definition) is 18. The van der Waals surface area contributed by atoms with E-state index in [1.165, 1.54) is 141 Å². The zero-order chi connectivity index (χ0) is 64.7. The molecule has 0 spiro atoms. The van der Waals surface area contributed by atoms with Crippen LogP contribution in [0.4, 0.5) is 0 Å². The normalized spacial score (nSPS) is 28.7. The number of carbonyl (C=O) groups is 1. The van der Waals surface area contributed by atoms with Crippen LogP contribution < -0.4 is 5.32 Å². The molecule has 0 aromatic heterocycles. The lowest BCUT2D eigenvalue weighted by atomic mass is 9.96. The first-order valence-corrected chi connectivity index (χ1v) is 34.7. The zero-order valence-electron chi connectivity index (χ0n) is 54.4. The fourth-order valence-electron chi connectivity index (χ4n) is 11.3. The molecule has 0 saturated carbocycles.